The van der Waals surface area contributed by atoms with Crippen molar-refractivity contribution in [2.45, 2.75) is 26.3 Å². The number of carbonyl (C=O) groups excluding carboxylic acids is 2. The van der Waals surface area contributed by atoms with Gasteiger partial charge in [-0.2, -0.15) is 0 Å². The number of methoxy groups -OCH3 is 1. The monoisotopic (exact) mass is 371 g/mol. The molecule has 6 nitrogen and oxygen atoms in total. The number of nitrogens with one attached hydrogen (secondary N) is 1. The molecular formula is C21H25NO5. The van der Waals surface area contributed by atoms with Gasteiger partial charge >= 0.3 is 5.97 Å². The van der Waals surface area contributed by atoms with Gasteiger partial charge in [0.05, 0.1) is 19.3 Å². The molecule has 1 amide bonds. The van der Waals surface area contributed by atoms with Crippen LogP contribution in [-0.4, -0.2) is 32.2 Å². The maximum Gasteiger partial charge on any atom is 0.338 e. The molecule has 0 aliphatic carbocycles. The zero-order valence-corrected chi connectivity index (χ0v) is 15.7. The van der Waals surface area contributed by atoms with Gasteiger partial charge in [0, 0.05) is 6.54 Å². The topological polar surface area (TPSA) is 73.9 Å². The first kappa shape index (κ1) is 20.3. The van der Waals surface area contributed by atoms with Crippen molar-refractivity contribution < 1.29 is 23.8 Å². The quantitative estimate of drug-likeness (QED) is 0.512. The number of ether oxygens (including phenoxy) is 3. The molecule has 0 saturated heterocycles. The van der Waals surface area contributed by atoms with Crippen LogP contribution in [0.25, 0.3) is 0 Å². The van der Waals surface area contributed by atoms with Crippen LogP contribution in [0.5, 0.6) is 11.5 Å². The smallest absolute Gasteiger partial charge is 0.338 e. The second kappa shape index (κ2) is 10.9. The van der Waals surface area contributed by atoms with Crippen LogP contribution >= 0.6 is 0 Å². The Hall–Kier alpha value is -3.02. The lowest BCUT2D eigenvalue weighted by molar-refractivity contribution is -0.124. The van der Waals surface area contributed by atoms with Crippen molar-refractivity contribution in [1.29, 1.82) is 0 Å². The van der Waals surface area contributed by atoms with Crippen molar-refractivity contribution in [2.24, 2.45) is 0 Å². The third-order valence-corrected chi connectivity index (χ3v) is 3.81. The molecule has 2 rings (SSSR count). The van der Waals surface area contributed by atoms with Crippen molar-refractivity contribution in [1.82, 2.24) is 5.32 Å². The molecule has 0 saturated carbocycles. The Bertz CT molecular complexity index is 742. The van der Waals surface area contributed by atoms with Crippen LogP contribution in [0.3, 0.4) is 0 Å². The van der Waals surface area contributed by atoms with Gasteiger partial charge < -0.3 is 19.5 Å². The molecule has 144 valence electrons. The predicted octanol–water partition coefficient (Wildman–Crippen LogP) is 3.35. The Labute approximate surface area is 159 Å². The van der Waals surface area contributed by atoms with E-state index in [4.69, 9.17) is 14.2 Å². The predicted molar refractivity (Wildman–Crippen MR) is 102 cm³/mol. The molecule has 0 spiro atoms. The van der Waals surface area contributed by atoms with Crippen molar-refractivity contribution in [3.05, 3.63) is 59.7 Å². The molecule has 2 aromatic carbocycles. The Morgan fingerprint density at radius 3 is 2.52 bits per heavy atom. The number of esters is 1. The summed E-state index contributed by atoms with van der Waals surface area (Å²) < 4.78 is 15.7. The Balaban J connectivity index is 1.74. The van der Waals surface area contributed by atoms with E-state index in [1.807, 2.05) is 24.3 Å². The molecule has 1 N–H and O–H groups in total. The summed E-state index contributed by atoms with van der Waals surface area (Å²) in [5, 5.41) is 2.70. The number of benzene rings is 2. The Kier molecular flexibility index (Phi) is 8.16. The molecule has 0 heterocycles. The SMILES string of the molecule is CCCCOc1ccc(C(=O)OCC(=O)NCc2cccc(OC)c2)cc1. The highest BCUT2D eigenvalue weighted by Crippen LogP contribution is 2.14. The molecule has 2 aromatic rings. The number of rotatable bonds is 10. The lowest BCUT2D eigenvalue weighted by atomic mass is 10.2. The molecule has 27 heavy (non-hydrogen) atoms. The fourth-order valence-electron chi connectivity index (χ4n) is 2.27. The molecule has 0 aliphatic rings. The van der Waals surface area contributed by atoms with E-state index in [-0.39, 0.29) is 12.5 Å². The largest absolute Gasteiger partial charge is 0.497 e. The van der Waals surface area contributed by atoms with Crippen LogP contribution in [0.4, 0.5) is 0 Å². The van der Waals surface area contributed by atoms with Crippen LogP contribution in [0, 0.1) is 0 Å². The second-order valence-electron chi connectivity index (χ2n) is 5.93. The van der Waals surface area contributed by atoms with Crippen molar-refractivity contribution in [3.8, 4) is 11.5 Å². The third-order valence-electron chi connectivity index (χ3n) is 3.81. The van der Waals surface area contributed by atoms with Gasteiger partial charge in [-0.05, 0) is 48.4 Å². The number of unbranched alkanes of at least 4 members (excludes halogenated alkanes) is 1. The van der Waals surface area contributed by atoms with E-state index in [1.54, 1.807) is 31.4 Å². The van der Waals surface area contributed by atoms with Crippen molar-refractivity contribution in [3.63, 3.8) is 0 Å². The number of hydrogen-bond donors (Lipinski definition) is 1. The van der Waals surface area contributed by atoms with Gasteiger partial charge in [0.15, 0.2) is 6.61 Å². The van der Waals surface area contributed by atoms with Crippen LogP contribution in [-0.2, 0) is 16.1 Å². The van der Waals surface area contributed by atoms with Crippen molar-refractivity contribution >= 4 is 11.9 Å². The van der Waals surface area contributed by atoms with Gasteiger partial charge in [-0.3, -0.25) is 4.79 Å². The fourth-order valence-corrected chi connectivity index (χ4v) is 2.27. The highest BCUT2D eigenvalue weighted by molar-refractivity contribution is 5.91. The first-order chi connectivity index (χ1) is 13.1. The first-order valence-corrected chi connectivity index (χ1v) is 8.92. The minimum atomic E-state index is -0.549. The van der Waals surface area contributed by atoms with Crippen LogP contribution in [0.1, 0.15) is 35.7 Å². The zero-order chi connectivity index (χ0) is 19.5. The second-order valence-corrected chi connectivity index (χ2v) is 5.93. The van der Waals surface area contributed by atoms with E-state index < -0.39 is 5.97 Å². The lowest BCUT2D eigenvalue weighted by Crippen LogP contribution is -2.28. The molecule has 0 bridgehead atoms. The summed E-state index contributed by atoms with van der Waals surface area (Å²) in [6.45, 7) is 2.73. The van der Waals surface area contributed by atoms with E-state index in [0.717, 1.165) is 24.2 Å². The Morgan fingerprint density at radius 1 is 1.04 bits per heavy atom. The third kappa shape index (κ3) is 7.01. The van der Waals surface area contributed by atoms with Gasteiger partial charge in [0.25, 0.3) is 5.91 Å². The normalized spacial score (nSPS) is 10.1. The number of amides is 1. The average molecular weight is 371 g/mol. The molecule has 0 radical (unpaired) electrons. The van der Waals surface area contributed by atoms with E-state index >= 15 is 0 Å². The summed E-state index contributed by atoms with van der Waals surface area (Å²) >= 11 is 0. The molecule has 0 aromatic heterocycles. The molecule has 0 unspecified atom stereocenters. The first-order valence-electron chi connectivity index (χ1n) is 8.92. The summed E-state index contributed by atoms with van der Waals surface area (Å²) in [4.78, 5) is 23.9. The van der Waals surface area contributed by atoms with E-state index in [1.165, 1.54) is 0 Å². The van der Waals surface area contributed by atoms with E-state index in [9.17, 15) is 9.59 Å². The van der Waals surface area contributed by atoms with Gasteiger partial charge in [0.1, 0.15) is 11.5 Å². The highest BCUT2D eigenvalue weighted by atomic mass is 16.5. The van der Waals surface area contributed by atoms with Crippen molar-refractivity contribution in [2.75, 3.05) is 20.3 Å². The molecule has 0 atom stereocenters. The summed E-state index contributed by atoms with van der Waals surface area (Å²) in [6, 6.07) is 14.1. The fraction of sp³-hybridized carbons (Fsp3) is 0.333. The van der Waals surface area contributed by atoms with Gasteiger partial charge in [-0.15, -0.1) is 0 Å². The summed E-state index contributed by atoms with van der Waals surface area (Å²) in [5.74, 6) is 0.503. The number of hydrogen-bond acceptors (Lipinski definition) is 5. The van der Waals surface area contributed by atoms with Gasteiger partial charge in [0.2, 0.25) is 0 Å². The maximum atomic E-state index is 12.0. The van der Waals surface area contributed by atoms with Crippen LogP contribution in [0.2, 0.25) is 0 Å². The summed E-state index contributed by atoms with van der Waals surface area (Å²) in [6.07, 6.45) is 2.04. The molecule has 0 fully saturated rings. The molecule has 6 heteroatoms. The van der Waals surface area contributed by atoms with Crippen LogP contribution < -0.4 is 14.8 Å². The average Bonchev–Trinajstić information content (AvgIpc) is 2.71. The Morgan fingerprint density at radius 2 is 1.81 bits per heavy atom. The van der Waals surface area contributed by atoms with E-state index in [0.29, 0.717) is 24.5 Å². The van der Waals surface area contributed by atoms with Gasteiger partial charge in [-0.25, -0.2) is 4.79 Å². The summed E-state index contributed by atoms with van der Waals surface area (Å²) in [7, 11) is 1.58. The van der Waals surface area contributed by atoms with Gasteiger partial charge in [-0.1, -0.05) is 25.5 Å². The molecular weight excluding hydrogens is 346 g/mol. The zero-order valence-electron chi connectivity index (χ0n) is 15.7. The lowest BCUT2D eigenvalue weighted by Gasteiger charge is -2.08. The maximum absolute atomic E-state index is 12.0. The standard InChI is InChI=1S/C21H25NO5/c1-3-4-12-26-18-10-8-17(9-11-18)21(24)27-15-20(23)22-14-16-6-5-7-19(13-16)25-2/h5-11,13H,3-4,12,14-15H2,1-2H3,(H,22,23). The highest BCUT2D eigenvalue weighted by Gasteiger charge is 2.10. The summed E-state index contributed by atoms with van der Waals surface area (Å²) in [5.41, 5.74) is 1.27. The minimum Gasteiger partial charge on any atom is -0.497 e. The molecule has 0 aliphatic heterocycles. The minimum absolute atomic E-state index is 0.331. The number of carbonyl (C=O) groups is 2. The van der Waals surface area contributed by atoms with Crippen LogP contribution in [0.15, 0.2) is 48.5 Å². The van der Waals surface area contributed by atoms with E-state index in [2.05, 4.69) is 12.2 Å².